The van der Waals surface area contributed by atoms with Gasteiger partial charge in [-0.15, -0.1) is 0 Å². The molecule has 8 nitrogen and oxygen atoms in total. The molecule has 0 spiro atoms. The van der Waals surface area contributed by atoms with E-state index in [2.05, 4.69) is 9.71 Å². The van der Waals surface area contributed by atoms with Crippen LogP contribution in [0.1, 0.15) is 35.2 Å². The van der Waals surface area contributed by atoms with Crippen molar-refractivity contribution in [2.75, 3.05) is 0 Å². The van der Waals surface area contributed by atoms with E-state index in [1.165, 1.54) is 6.20 Å². The van der Waals surface area contributed by atoms with Crippen LogP contribution in [-0.4, -0.2) is 24.5 Å². The zero-order valence-electron chi connectivity index (χ0n) is 10.7. The van der Waals surface area contributed by atoms with E-state index in [1.807, 2.05) is 0 Å². The molecular weight excluding hydrogens is 288 g/mol. The molecule has 0 aliphatic carbocycles. The molecule has 0 aliphatic heterocycles. The van der Waals surface area contributed by atoms with Crippen molar-refractivity contribution >= 4 is 16.0 Å². The molecule has 0 saturated heterocycles. The Balaban J connectivity index is 2.20. The second-order valence-corrected chi connectivity index (χ2v) is 5.72. The van der Waals surface area contributed by atoms with Gasteiger partial charge < -0.3 is 13.9 Å². The van der Waals surface area contributed by atoms with Crippen LogP contribution in [0.4, 0.5) is 0 Å². The van der Waals surface area contributed by atoms with Crippen LogP contribution >= 0.6 is 0 Å². The molecule has 9 heteroatoms. The summed E-state index contributed by atoms with van der Waals surface area (Å²) >= 11 is 0. The lowest BCUT2D eigenvalue weighted by Crippen LogP contribution is -2.26. The molecule has 0 bridgehead atoms. The van der Waals surface area contributed by atoms with Crippen LogP contribution in [0.5, 0.6) is 0 Å². The topological polar surface area (TPSA) is 123 Å². The SMILES string of the molecule is Cc1cnc(C(C)NS(=O)(=O)c2ccc(C(=O)O)o2)o1. The van der Waals surface area contributed by atoms with E-state index >= 15 is 0 Å². The molecule has 2 aromatic heterocycles. The van der Waals surface area contributed by atoms with Crippen LogP contribution in [0.2, 0.25) is 0 Å². The Morgan fingerprint density at radius 2 is 2.10 bits per heavy atom. The first kappa shape index (κ1) is 14.3. The van der Waals surface area contributed by atoms with Gasteiger partial charge in [0.15, 0.2) is 0 Å². The van der Waals surface area contributed by atoms with Crippen LogP contribution < -0.4 is 4.72 Å². The standard InChI is InChI=1S/C11H12N2O6S/c1-6-5-12-10(18-6)7(2)13-20(16,17)9-4-3-8(19-9)11(14)15/h3-5,7,13H,1-2H3,(H,14,15). The Labute approximate surface area is 114 Å². The normalized spacial score (nSPS) is 13.3. The summed E-state index contributed by atoms with van der Waals surface area (Å²) in [5.74, 6) is -1.04. The first-order chi connectivity index (χ1) is 9.29. The first-order valence-electron chi connectivity index (χ1n) is 5.57. The molecule has 0 saturated carbocycles. The van der Waals surface area contributed by atoms with Gasteiger partial charge in [0.05, 0.1) is 12.2 Å². The molecule has 2 heterocycles. The number of hydrogen-bond donors (Lipinski definition) is 2. The van der Waals surface area contributed by atoms with E-state index in [0.717, 1.165) is 12.1 Å². The number of aryl methyl sites for hydroxylation is 1. The van der Waals surface area contributed by atoms with E-state index in [1.54, 1.807) is 13.8 Å². The van der Waals surface area contributed by atoms with E-state index in [4.69, 9.17) is 13.9 Å². The highest BCUT2D eigenvalue weighted by Gasteiger charge is 2.25. The zero-order valence-corrected chi connectivity index (χ0v) is 11.5. The maximum Gasteiger partial charge on any atom is 0.371 e. The number of rotatable bonds is 5. The molecule has 0 amide bonds. The lowest BCUT2D eigenvalue weighted by atomic mass is 10.4. The highest BCUT2D eigenvalue weighted by Crippen LogP contribution is 2.18. The van der Waals surface area contributed by atoms with Crippen LogP contribution in [-0.2, 0) is 10.0 Å². The van der Waals surface area contributed by atoms with E-state index < -0.39 is 32.9 Å². The van der Waals surface area contributed by atoms with Crippen LogP contribution in [0.25, 0.3) is 0 Å². The summed E-state index contributed by atoms with van der Waals surface area (Å²) in [6, 6.07) is 1.42. The van der Waals surface area contributed by atoms with Crippen LogP contribution in [0.3, 0.4) is 0 Å². The predicted octanol–water partition coefficient (Wildman–Crippen LogP) is 1.31. The maximum atomic E-state index is 12.0. The highest BCUT2D eigenvalue weighted by molar-refractivity contribution is 7.89. The Kier molecular flexibility index (Phi) is 3.64. The smallest absolute Gasteiger partial charge is 0.371 e. The maximum absolute atomic E-state index is 12.0. The molecule has 2 aromatic rings. The molecule has 20 heavy (non-hydrogen) atoms. The van der Waals surface area contributed by atoms with Gasteiger partial charge in [-0.05, 0) is 26.0 Å². The minimum Gasteiger partial charge on any atom is -0.475 e. The van der Waals surface area contributed by atoms with Gasteiger partial charge >= 0.3 is 5.97 Å². The summed E-state index contributed by atoms with van der Waals surface area (Å²) in [6.07, 6.45) is 1.47. The fourth-order valence-corrected chi connectivity index (χ4v) is 2.62. The number of carboxylic acids is 1. The molecule has 0 aliphatic rings. The van der Waals surface area contributed by atoms with Gasteiger partial charge in [0.1, 0.15) is 5.76 Å². The molecule has 0 aromatic carbocycles. The number of carbonyl (C=O) groups is 1. The number of carboxylic acid groups (broad SMARTS) is 1. The molecule has 1 unspecified atom stereocenters. The summed E-state index contributed by atoms with van der Waals surface area (Å²) in [5, 5.41) is 8.21. The Hall–Kier alpha value is -2.13. The fraction of sp³-hybridized carbons (Fsp3) is 0.273. The minimum absolute atomic E-state index is 0.205. The zero-order chi connectivity index (χ0) is 14.9. The predicted molar refractivity (Wildman–Crippen MR) is 65.6 cm³/mol. The number of hydrogen-bond acceptors (Lipinski definition) is 6. The van der Waals surface area contributed by atoms with Gasteiger partial charge in [0.25, 0.3) is 10.0 Å². The molecule has 2 N–H and O–H groups in total. The van der Waals surface area contributed by atoms with E-state index in [-0.39, 0.29) is 5.89 Å². The van der Waals surface area contributed by atoms with Crippen LogP contribution in [0, 0.1) is 6.92 Å². The third kappa shape index (κ3) is 2.89. The van der Waals surface area contributed by atoms with Gasteiger partial charge in [-0.3, -0.25) is 0 Å². The van der Waals surface area contributed by atoms with Gasteiger partial charge in [-0.25, -0.2) is 18.2 Å². The molecule has 108 valence electrons. The number of furan rings is 1. The Morgan fingerprint density at radius 3 is 2.60 bits per heavy atom. The number of aromatic nitrogens is 1. The van der Waals surface area contributed by atoms with Crippen molar-refractivity contribution in [2.24, 2.45) is 0 Å². The van der Waals surface area contributed by atoms with E-state index in [0.29, 0.717) is 5.76 Å². The van der Waals surface area contributed by atoms with Gasteiger partial charge in [-0.2, -0.15) is 4.72 Å². The lowest BCUT2D eigenvalue weighted by Gasteiger charge is -2.09. The number of sulfonamides is 1. The average molecular weight is 300 g/mol. The first-order valence-corrected chi connectivity index (χ1v) is 7.05. The van der Waals surface area contributed by atoms with Gasteiger partial charge in [0, 0.05) is 0 Å². The van der Waals surface area contributed by atoms with Gasteiger partial charge in [0.2, 0.25) is 16.7 Å². The number of aromatic carboxylic acids is 1. The molecule has 1 atom stereocenters. The lowest BCUT2D eigenvalue weighted by molar-refractivity contribution is 0.0656. The molecule has 0 radical (unpaired) electrons. The van der Waals surface area contributed by atoms with E-state index in [9.17, 15) is 13.2 Å². The van der Waals surface area contributed by atoms with Crippen molar-refractivity contribution in [2.45, 2.75) is 25.0 Å². The van der Waals surface area contributed by atoms with Crippen molar-refractivity contribution in [3.05, 3.63) is 35.7 Å². The van der Waals surface area contributed by atoms with Crippen molar-refractivity contribution in [1.29, 1.82) is 0 Å². The summed E-state index contributed by atoms with van der Waals surface area (Å²) in [7, 11) is -3.99. The van der Waals surface area contributed by atoms with Crippen LogP contribution in [0.15, 0.2) is 32.3 Å². The molecular formula is C11H12N2O6S. The quantitative estimate of drug-likeness (QED) is 0.853. The summed E-state index contributed by atoms with van der Waals surface area (Å²) < 4.78 is 36.2. The monoisotopic (exact) mass is 300 g/mol. The number of nitrogens with zero attached hydrogens (tertiary/aromatic N) is 1. The van der Waals surface area contributed by atoms with Crippen molar-refractivity contribution < 1.29 is 27.2 Å². The second-order valence-electron chi connectivity index (χ2n) is 4.08. The highest BCUT2D eigenvalue weighted by atomic mass is 32.2. The number of nitrogens with one attached hydrogen (secondary N) is 1. The average Bonchev–Trinajstić information content (AvgIpc) is 2.96. The Morgan fingerprint density at radius 1 is 1.40 bits per heavy atom. The van der Waals surface area contributed by atoms with Crippen molar-refractivity contribution in [3.63, 3.8) is 0 Å². The summed E-state index contributed by atoms with van der Waals surface area (Å²) in [5.41, 5.74) is 0. The van der Waals surface area contributed by atoms with Gasteiger partial charge in [-0.1, -0.05) is 0 Å². The third-order valence-corrected chi connectivity index (χ3v) is 3.81. The van der Waals surface area contributed by atoms with Crippen molar-refractivity contribution in [3.8, 4) is 0 Å². The molecule has 2 rings (SSSR count). The molecule has 0 fully saturated rings. The number of oxazole rings is 1. The Bertz CT molecular complexity index is 730. The summed E-state index contributed by atoms with van der Waals surface area (Å²) in [4.78, 5) is 14.6. The minimum atomic E-state index is -3.99. The van der Waals surface area contributed by atoms with Crippen molar-refractivity contribution in [1.82, 2.24) is 9.71 Å². The largest absolute Gasteiger partial charge is 0.475 e. The summed E-state index contributed by atoms with van der Waals surface area (Å²) in [6.45, 7) is 3.23. The fourth-order valence-electron chi connectivity index (χ4n) is 1.49. The second kappa shape index (κ2) is 5.10. The third-order valence-electron chi connectivity index (χ3n) is 2.40.